The van der Waals surface area contributed by atoms with E-state index in [9.17, 15) is 0 Å². The zero-order valence-electron chi connectivity index (χ0n) is 40.7. The highest BCUT2D eigenvalue weighted by Gasteiger charge is 2.41. The number of nitrogens with zero attached hydrogens (tertiary/aromatic N) is 8. The number of aromatic nitrogens is 5. The molecule has 0 amide bonds. The van der Waals surface area contributed by atoms with Crippen molar-refractivity contribution < 1.29 is 41.2 Å². The van der Waals surface area contributed by atoms with Gasteiger partial charge in [-0.3, -0.25) is 9.98 Å². The largest absolute Gasteiger partial charge is 0.497 e. The van der Waals surface area contributed by atoms with Crippen molar-refractivity contribution in [1.29, 1.82) is 0 Å². The Morgan fingerprint density at radius 2 is 1.48 bits per heavy atom. The van der Waals surface area contributed by atoms with Crippen LogP contribution in [0.5, 0.6) is 23.0 Å². The van der Waals surface area contributed by atoms with E-state index in [0.717, 1.165) is 16.7 Å². The molecule has 7 aromatic rings. The van der Waals surface area contributed by atoms with Gasteiger partial charge in [0.1, 0.15) is 52.9 Å². The summed E-state index contributed by atoms with van der Waals surface area (Å²) in [6.45, 7) is 3.89. The van der Waals surface area contributed by atoms with Crippen molar-refractivity contribution in [3.8, 4) is 34.3 Å². The maximum Gasteiger partial charge on any atom is 0.418 e. The highest BCUT2D eigenvalue weighted by molar-refractivity contribution is 6.33. The van der Waals surface area contributed by atoms with Crippen LogP contribution in [0.3, 0.4) is 0 Å². The molecule has 9 rings (SSSR count). The molecule has 0 radical (unpaired) electrons. The van der Waals surface area contributed by atoms with Crippen LogP contribution in [0.15, 0.2) is 121 Å². The van der Waals surface area contributed by atoms with E-state index in [1.165, 1.54) is 19.2 Å². The van der Waals surface area contributed by atoms with E-state index < -0.39 is 45.6 Å². The smallest absolute Gasteiger partial charge is 0.418 e. The lowest BCUT2D eigenvalue weighted by molar-refractivity contribution is -0.137. The van der Waals surface area contributed by atoms with Crippen LogP contribution in [0.1, 0.15) is 52.3 Å². The molecule has 0 saturated carbocycles. The van der Waals surface area contributed by atoms with Crippen molar-refractivity contribution in [2.45, 2.75) is 52.1 Å². The predicted molar refractivity (Wildman–Crippen MR) is 267 cm³/mol. The number of ether oxygens (including phenoxy) is 5. The molecule has 1 atom stereocenters. The molecule has 2 aliphatic rings. The molecule has 0 fully saturated rings. The SMILES string of the molecule is COc1ccc(CNc2nccnc2C(C)N2C=C(OCCc3nccn3C)Oc3c(F)c(-c4nc(N(Cc5ccc(OC)cc5)Cc5ccc(OC)cc5)cc(C)c4C(F)(F)F)c(Cl)c4c3=C2NCN=4)cc1. The monoisotopic (exact) mass is 1020 g/mol. The van der Waals surface area contributed by atoms with Crippen molar-refractivity contribution in [1.82, 2.24) is 34.7 Å². The summed E-state index contributed by atoms with van der Waals surface area (Å²) in [5.41, 5.74) is 0.251. The maximum absolute atomic E-state index is 18.2. The second-order valence-corrected chi connectivity index (χ2v) is 17.5. The lowest BCUT2D eigenvalue weighted by Gasteiger charge is -2.31. The number of hydrogen-bond acceptors (Lipinski definition) is 14. The van der Waals surface area contributed by atoms with Crippen molar-refractivity contribution in [2.24, 2.45) is 12.0 Å². The average molecular weight is 1020 g/mol. The number of benzene rings is 4. The van der Waals surface area contributed by atoms with Crippen LogP contribution in [0.4, 0.5) is 29.2 Å². The first kappa shape index (κ1) is 49.9. The molecule has 4 aromatic carbocycles. The van der Waals surface area contributed by atoms with Gasteiger partial charge < -0.3 is 48.7 Å². The lowest BCUT2D eigenvalue weighted by Crippen LogP contribution is -2.45. The second-order valence-electron chi connectivity index (χ2n) is 17.1. The summed E-state index contributed by atoms with van der Waals surface area (Å²) in [5.74, 6) is 1.63. The van der Waals surface area contributed by atoms with Gasteiger partial charge in [-0.05, 0) is 78.6 Å². The molecule has 0 spiro atoms. The molecule has 1 unspecified atom stereocenters. The second kappa shape index (κ2) is 21.3. The summed E-state index contributed by atoms with van der Waals surface area (Å²) in [5, 5.41) is 6.26. The Kier molecular flexibility index (Phi) is 14.6. The highest BCUT2D eigenvalue weighted by Crippen LogP contribution is 2.44. The summed E-state index contributed by atoms with van der Waals surface area (Å²) in [4.78, 5) is 26.7. The standard InChI is InChI=1S/C53H51ClF4N10O5/c1-31-25-40(67(27-34-9-15-37(70-5)16-10-34)28-35-11-17-38(71-6)18-12-35)65-48(44(31)53(56,57)58)42-45(54)49-43-50(46(42)55)73-41(72-24-19-39-59-22-23-66(39)3)29-68(52(43)64-30-63-49)32(2)47-51(61-21-20-60-47)62-26-33-7-13-36(69-4)14-8-33/h7-18,20-23,25,29,32,64H,19,24,26-28,30H2,1-6H3,(H,61,62). The highest BCUT2D eigenvalue weighted by atomic mass is 35.5. The molecular weight excluding hydrogens is 968 g/mol. The van der Waals surface area contributed by atoms with Crippen molar-refractivity contribution in [2.75, 3.05) is 44.8 Å². The van der Waals surface area contributed by atoms with E-state index in [1.54, 1.807) is 80.2 Å². The number of imidazole rings is 1. The van der Waals surface area contributed by atoms with Crippen LogP contribution in [0, 0.1) is 12.7 Å². The van der Waals surface area contributed by atoms with E-state index in [4.69, 9.17) is 45.3 Å². The van der Waals surface area contributed by atoms with E-state index in [2.05, 4.69) is 25.6 Å². The molecule has 73 heavy (non-hydrogen) atoms. The predicted octanol–water partition coefficient (Wildman–Crippen LogP) is 9.00. The van der Waals surface area contributed by atoms with Crippen LogP contribution < -0.4 is 45.1 Å². The first-order valence-electron chi connectivity index (χ1n) is 23.1. The minimum absolute atomic E-state index is 0.0232. The first-order chi connectivity index (χ1) is 35.2. The van der Waals surface area contributed by atoms with E-state index >= 15 is 17.6 Å². The fraction of sp³-hybridized carbons (Fsp3) is 0.264. The molecular formula is C53H51ClF4N10O5. The Bertz CT molecular complexity index is 3230. The molecule has 3 aromatic heterocycles. The van der Waals surface area contributed by atoms with Gasteiger partial charge in [-0.15, -0.1) is 0 Å². The van der Waals surface area contributed by atoms with Gasteiger partial charge in [0.05, 0.1) is 72.6 Å². The van der Waals surface area contributed by atoms with Crippen LogP contribution in [-0.2, 0) is 44.0 Å². The van der Waals surface area contributed by atoms with E-state index in [1.807, 2.05) is 67.1 Å². The number of alkyl halides is 3. The lowest BCUT2D eigenvalue weighted by atomic mass is 9.98. The van der Waals surface area contributed by atoms with Gasteiger partial charge in [0, 0.05) is 57.9 Å². The average Bonchev–Trinajstić information content (AvgIpc) is 3.73. The van der Waals surface area contributed by atoms with E-state index in [-0.39, 0.29) is 60.1 Å². The molecule has 2 N–H and O–H groups in total. The zero-order valence-corrected chi connectivity index (χ0v) is 41.5. The summed E-state index contributed by atoms with van der Waals surface area (Å²) in [6, 6.07) is 22.8. The molecule has 20 heteroatoms. The number of anilines is 2. The van der Waals surface area contributed by atoms with Gasteiger partial charge in [-0.2, -0.15) is 13.2 Å². The molecule has 2 aliphatic heterocycles. The normalized spacial score (nSPS) is 13.4. The minimum atomic E-state index is -5.01. The van der Waals surface area contributed by atoms with Crippen LogP contribution >= 0.6 is 11.6 Å². The summed E-state index contributed by atoms with van der Waals surface area (Å²) in [7, 11) is 6.55. The van der Waals surface area contributed by atoms with Crippen molar-refractivity contribution in [3.63, 3.8) is 0 Å². The Balaban J connectivity index is 1.19. The fourth-order valence-electron chi connectivity index (χ4n) is 8.72. The summed E-state index contributed by atoms with van der Waals surface area (Å²) >= 11 is 7.25. The number of methoxy groups -OCH3 is 3. The van der Waals surface area contributed by atoms with Crippen LogP contribution in [0.2, 0.25) is 5.02 Å². The number of pyridine rings is 1. The fourth-order valence-corrected chi connectivity index (χ4v) is 9.04. The van der Waals surface area contributed by atoms with Gasteiger partial charge in [0.15, 0.2) is 11.6 Å². The third-order valence-electron chi connectivity index (χ3n) is 12.5. The molecule has 15 nitrogen and oxygen atoms in total. The van der Waals surface area contributed by atoms with Gasteiger partial charge in [-0.25, -0.2) is 19.3 Å². The van der Waals surface area contributed by atoms with Crippen LogP contribution in [-0.4, -0.2) is 64.0 Å². The van der Waals surface area contributed by atoms with E-state index in [0.29, 0.717) is 47.6 Å². The molecule has 0 bridgehead atoms. The number of rotatable bonds is 18. The molecule has 0 saturated heterocycles. The third kappa shape index (κ3) is 10.6. The number of hydrogen-bond donors (Lipinski definition) is 2. The maximum atomic E-state index is 18.2. The third-order valence-corrected chi connectivity index (χ3v) is 12.9. The summed E-state index contributed by atoms with van der Waals surface area (Å²) < 4.78 is 95.5. The quantitative estimate of drug-likeness (QED) is 0.0790. The Labute approximate surface area is 423 Å². The number of halogens is 5. The Morgan fingerprint density at radius 1 is 0.863 bits per heavy atom. The van der Waals surface area contributed by atoms with Crippen LogP contribution in [0.25, 0.3) is 17.1 Å². The minimum Gasteiger partial charge on any atom is -0.497 e. The van der Waals surface area contributed by atoms with Gasteiger partial charge in [0.25, 0.3) is 0 Å². The zero-order chi connectivity index (χ0) is 51.4. The van der Waals surface area contributed by atoms with Gasteiger partial charge >= 0.3 is 12.1 Å². The Morgan fingerprint density at radius 3 is 2.07 bits per heavy atom. The first-order valence-corrected chi connectivity index (χ1v) is 23.5. The van der Waals surface area contributed by atoms with Gasteiger partial charge in [-0.1, -0.05) is 48.0 Å². The number of nitrogens with one attached hydrogen (secondary N) is 2. The Hall–Kier alpha value is -8.06. The molecule has 378 valence electrons. The molecule has 0 aliphatic carbocycles. The van der Waals surface area contributed by atoms with Crippen molar-refractivity contribution in [3.05, 3.63) is 177 Å². The van der Waals surface area contributed by atoms with Gasteiger partial charge in [0.2, 0.25) is 0 Å². The molecule has 5 heterocycles. The summed E-state index contributed by atoms with van der Waals surface area (Å²) in [6.07, 6.45) is 3.42. The topological polar surface area (TPSA) is 146 Å². The van der Waals surface area contributed by atoms with Crippen molar-refractivity contribution >= 4 is 29.1 Å². The number of aryl methyl sites for hydroxylation is 2.